The van der Waals surface area contributed by atoms with Crippen LogP contribution in [0.2, 0.25) is 0 Å². The molecule has 0 saturated heterocycles. The zero-order chi connectivity index (χ0) is 13.9. The fraction of sp³-hybridized carbons (Fsp3) is 0.600. The molecule has 0 aliphatic heterocycles. The van der Waals surface area contributed by atoms with Crippen molar-refractivity contribution < 1.29 is 14.6 Å². The first-order chi connectivity index (χ1) is 8.31. The normalized spacial score (nSPS) is 15.3. The van der Waals surface area contributed by atoms with Gasteiger partial charge in [0.05, 0.1) is 13.2 Å². The summed E-state index contributed by atoms with van der Waals surface area (Å²) in [5, 5.41) is 10.5. The van der Waals surface area contributed by atoms with E-state index in [4.69, 9.17) is 9.47 Å². The molecule has 0 radical (unpaired) electrons. The molecule has 3 nitrogen and oxygen atoms in total. The van der Waals surface area contributed by atoms with Gasteiger partial charge in [0.15, 0.2) is 0 Å². The number of hydrogen-bond donors (Lipinski definition) is 1. The van der Waals surface area contributed by atoms with Gasteiger partial charge in [-0.25, -0.2) is 0 Å². The first-order valence-corrected chi connectivity index (χ1v) is 6.16. The summed E-state index contributed by atoms with van der Waals surface area (Å²) in [4.78, 5) is 0. The predicted octanol–water partition coefficient (Wildman–Crippen LogP) is 3.10. The molecule has 0 aliphatic carbocycles. The zero-order valence-electron chi connectivity index (χ0n) is 12.2. The van der Waals surface area contributed by atoms with Crippen molar-refractivity contribution in [2.45, 2.75) is 39.9 Å². The Hall–Kier alpha value is -1.06. The van der Waals surface area contributed by atoms with E-state index in [1.165, 1.54) is 0 Å². The van der Waals surface area contributed by atoms with E-state index in [0.717, 1.165) is 16.9 Å². The number of ether oxygens (including phenoxy) is 2. The van der Waals surface area contributed by atoms with Crippen molar-refractivity contribution in [2.75, 3.05) is 14.2 Å². The van der Waals surface area contributed by atoms with Gasteiger partial charge in [-0.15, -0.1) is 0 Å². The fourth-order valence-electron chi connectivity index (χ4n) is 2.23. The minimum atomic E-state index is -0.638. The van der Waals surface area contributed by atoms with Crippen molar-refractivity contribution in [3.05, 3.63) is 29.3 Å². The maximum Gasteiger partial charge on any atom is 0.119 e. The average molecular weight is 252 g/mol. The van der Waals surface area contributed by atoms with Crippen LogP contribution in [0.15, 0.2) is 18.2 Å². The Labute approximate surface area is 110 Å². The molecule has 1 rings (SSSR count). The van der Waals surface area contributed by atoms with Crippen LogP contribution in [0.5, 0.6) is 5.75 Å². The van der Waals surface area contributed by atoms with Crippen LogP contribution < -0.4 is 4.74 Å². The molecule has 18 heavy (non-hydrogen) atoms. The monoisotopic (exact) mass is 252 g/mol. The summed E-state index contributed by atoms with van der Waals surface area (Å²) in [5.41, 5.74) is 1.77. The van der Waals surface area contributed by atoms with Gasteiger partial charge in [0, 0.05) is 7.11 Å². The Balaban J connectivity index is 3.06. The molecule has 0 fully saturated rings. The summed E-state index contributed by atoms with van der Waals surface area (Å²) >= 11 is 0. The lowest BCUT2D eigenvalue weighted by Crippen LogP contribution is -2.34. The van der Waals surface area contributed by atoms with Gasteiger partial charge in [0.25, 0.3) is 0 Å². The Morgan fingerprint density at radius 1 is 1.17 bits per heavy atom. The molecule has 102 valence electrons. The molecule has 0 amide bonds. The molecule has 0 spiro atoms. The van der Waals surface area contributed by atoms with E-state index in [2.05, 4.69) is 20.8 Å². The van der Waals surface area contributed by atoms with Gasteiger partial charge < -0.3 is 14.6 Å². The molecule has 1 aromatic rings. The summed E-state index contributed by atoms with van der Waals surface area (Å²) in [5.74, 6) is 0.799. The number of benzene rings is 1. The van der Waals surface area contributed by atoms with Gasteiger partial charge in [-0.05, 0) is 35.6 Å². The molecule has 2 atom stereocenters. The van der Waals surface area contributed by atoms with Crippen LogP contribution in [0.1, 0.15) is 38.0 Å². The summed E-state index contributed by atoms with van der Waals surface area (Å²) in [6.07, 6.45) is -0.884. The highest BCUT2D eigenvalue weighted by Gasteiger charge is 2.32. The first-order valence-electron chi connectivity index (χ1n) is 6.16. The third kappa shape index (κ3) is 3.24. The fourth-order valence-corrected chi connectivity index (χ4v) is 2.23. The van der Waals surface area contributed by atoms with Crippen LogP contribution in [0.25, 0.3) is 0 Å². The predicted molar refractivity (Wildman–Crippen MR) is 72.9 cm³/mol. The zero-order valence-corrected chi connectivity index (χ0v) is 12.2. The van der Waals surface area contributed by atoms with Gasteiger partial charge in [-0.1, -0.05) is 26.8 Å². The lowest BCUT2D eigenvalue weighted by atomic mass is 9.82. The molecule has 0 heterocycles. The molecule has 0 aromatic heterocycles. The standard InChI is InChI=1S/C15H24O3/c1-10-9-11(17-5)7-8-12(10)13(16)14(18-6)15(2,3)4/h7-9,13-14,16H,1-6H3. The van der Waals surface area contributed by atoms with E-state index in [1.807, 2.05) is 25.1 Å². The van der Waals surface area contributed by atoms with Crippen LogP contribution in [0.4, 0.5) is 0 Å². The molecular formula is C15H24O3. The van der Waals surface area contributed by atoms with Crippen LogP contribution >= 0.6 is 0 Å². The maximum atomic E-state index is 10.5. The van der Waals surface area contributed by atoms with Crippen molar-refractivity contribution in [2.24, 2.45) is 5.41 Å². The van der Waals surface area contributed by atoms with Crippen molar-refractivity contribution in [3.63, 3.8) is 0 Å². The Morgan fingerprint density at radius 2 is 1.78 bits per heavy atom. The number of hydrogen-bond acceptors (Lipinski definition) is 3. The van der Waals surface area contributed by atoms with Crippen molar-refractivity contribution in [1.82, 2.24) is 0 Å². The molecule has 0 aliphatic rings. The highest BCUT2D eigenvalue weighted by molar-refractivity contribution is 5.36. The summed E-state index contributed by atoms with van der Waals surface area (Å²) < 4.78 is 10.6. The molecule has 1 aromatic carbocycles. The maximum absolute atomic E-state index is 10.5. The molecular weight excluding hydrogens is 228 g/mol. The van der Waals surface area contributed by atoms with Crippen LogP contribution in [-0.4, -0.2) is 25.4 Å². The van der Waals surface area contributed by atoms with Crippen LogP contribution in [0, 0.1) is 12.3 Å². The van der Waals surface area contributed by atoms with Crippen LogP contribution in [0.3, 0.4) is 0 Å². The quantitative estimate of drug-likeness (QED) is 0.895. The molecule has 2 unspecified atom stereocenters. The minimum Gasteiger partial charge on any atom is -0.497 e. The highest BCUT2D eigenvalue weighted by Crippen LogP contribution is 2.34. The third-order valence-corrected chi connectivity index (χ3v) is 3.19. The van der Waals surface area contributed by atoms with Crippen molar-refractivity contribution in [1.29, 1.82) is 0 Å². The number of aliphatic hydroxyl groups excluding tert-OH is 1. The van der Waals surface area contributed by atoms with E-state index in [1.54, 1.807) is 14.2 Å². The minimum absolute atomic E-state index is 0.124. The molecule has 1 N–H and O–H groups in total. The van der Waals surface area contributed by atoms with Gasteiger partial charge in [-0.2, -0.15) is 0 Å². The number of aliphatic hydroxyl groups is 1. The third-order valence-electron chi connectivity index (χ3n) is 3.19. The SMILES string of the molecule is COc1ccc(C(O)C(OC)C(C)(C)C)c(C)c1. The van der Waals surface area contributed by atoms with Gasteiger partial charge in [0.2, 0.25) is 0 Å². The molecule has 3 heteroatoms. The number of methoxy groups -OCH3 is 2. The van der Waals surface area contributed by atoms with Gasteiger partial charge >= 0.3 is 0 Å². The summed E-state index contributed by atoms with van der Waals surface area (Å²) in [7, 11) is 3.27. The summed E-state index contributed by atoms with van der Waals surface area (Å²) in [6.45, 7) is 8.15. The summed E-state index contributed by atoms with van der Waals surface area (Å²) in [6, 6.07) is 5.69. The largest absolute Gasteiger partial charge is 0.497 e. The van der Waals surface area contributed by atoms with E-state index < -0.39 is 6.10 Å². The van der Waals surface area contributed by atoms with Gasteiger partial charge in [-0.3, -0.25) is 0 Å². The van der Waals surface area contributed by atoms with Crippen molar-refractivity contribution >= 4 is 0 Å². The number of rotatable bonds is 4. The van der Waals surface area contributed by atoms with E-state index in [0.29, 0.717) is 0 Å². The van der Waals surface area contributed by atoms with E-state index in [-0.39, 0.29) is 11.5 Å². The lowest BCUT2D eigenvalue weighted by Gasteiger charge is -2.34. The molecule has 0 bridgehead atoms. The number of aryl methyl sites for hydroxylation is 1. The Kier molecular flexibility index (Phi) is 4.77. The Morgan fingerprint density at radius 3 is 2.17 bits per heavy atom. The highest BCUT2D eigenvalue weighted by atomic mass is 16.5. The second-order valence-corrected chi connectivity index (χ2v) is 5.69. The second kappa shape index (κ2) is 5.72. The average Bonchev–Trinajstić information content (AvgIpc) is 2.27. The first kappa shape index (κ1) is 15.0. The van der Waals surface area contributed by atoms with Gasteiger partial charge in [0.1, 0.15) is 11.9 Å². The molecule has 0 saturated carbocycles. The van der Waals surface area contributed by atoms with Crippen molar-refractivity contribution in [3.8, 4) is 5.75 Å². The van der Waals surface area contributed by atoms with E-state index in [9.17, 15) is 5.11 Å². The smallest absolute Gasteiger partial charge is 0.119 e. The second-order valence-electron chi connectivity index (χ2n) is 5.69. The lowest BCUT2D eigenvalue weighted by molar-refractivity contribution is -0.0726. The van der Waals surface area contributed by atoms with Crippen LogP contribution in [-0.2, 0) is 4.74 Å². The Bertz CT molecular complexity index is 393. The van der Waals surface area contributed by atoms with E-state index >= 15 is 0 Å². The topological polar surface area (TPSA) is 38.7 Å².